The second kappa shape index (κ2) is 7.41. The molecule has 0 unspecified atom stereocenters. The number of amides is 1. The third-order valence-corrected chi connectivity index (χ3v) is 2.80. The molecule has 0 bridgehead atoms. The van der Waals surface area contributed by atoms with Crippen LogP contribution >= 0.6 is 15.9 Å². The van der Waals surface area contributed by atoms with E-state index in [2.05, 4.69) is 33.5 Å². The number of carbonyl (C=O) groups is 1. The summed E-state index contributed by atoms with van der Waals surface area (Å²) in [6, 6.07) is 7.60. The highest BCUT2D eigenvalue weighted by Gasteiger charge is 2.03. The maximum absolute atomic E-state index is 11.6. The molecule has 1 aromatic rings. The molecule has 0 fully saturated rings. The summed E-state index contributed by atoms with van der Waals surface area (Å²) in [5.74, 6) is 0.0375. The van der Waals surface area contributed by atoms with Crippen molar-refractivity contribution in [1.29, 1.82) is 0 Å². The molecule has 0 aliphatic heterocycles. The molecule has 0 aliphatic carbocycles. The van der Waals surface area contributed by atoms with Crippen molar-refractivity contribution in [2.75, 3.05) is 18.4 Å². The van der Waals surface area contributed by atoms with Crippen molar-refractivity contribution in [3.63, 3.8) is 0 Å². The number of hydrogen-bond acceptors (Lipinski definition) is 2. The zero-order valence-corrected chi connectivity index (χ0v) is 11.0. The van der Waals surface area contributed by atoms with E-state index in [0.29, 0.717) is 6.42 Å². The number of carbonyl (C=O) groups excluding carboxylic acids is 1. The van der Waals surface area contributed by atoms with Gasteiger partial charge in [-0.05, 0) is 41.0 Å². The standard InChI is InChI=1S/C12H17BrN2O/c1-2-8-14-9-7-12(16)15-11-6-4-3-5-10(11)13/h3-6,14H,2,7-9H2,1H3,(H,15,16). The van der Waals surface area contributed by atoms with Gasteiger partial charge in [-0.2, -0.15) is 0 Å². The van der Waals surface area contributed by atoms with Crippen LogP contribution in [0.25, 0.3) is 0 Å². The lowest BCUT2D eigenvalue weighted by atomic mass is 10.3. The molecule has 0 saturated heterocycles. The number of anilines is 1. The van der Waals surface area contributed by atoms with Gasteiger partial charge in [0.1, 0.15) is 0 Å². The number of benzene rings is 1. The summed E-state index contributed by atoms with van der Waals surface area (Å²) in [5, 5.41) is 6.06. The molecule has 88 valence electrons. The van der Waals surface area contributed by atoms with Crippen molar-refractivity contribution in [3.8, 4) is 0 Å². The van der Waals surface area contributed by atoms with Crippen LogP contribution in [0.3, 0.4) is 0 Å². The van der Waals surface area contributed by atoms with Gasteiger partial charge < -0.3 is 10.6 Å². The lowest BCUT2D eigenvalue weighted by Crippen LogP contribution is -2.22. The average molecular weight is 285 g/mol. The van der Waals surface area contributed by atoms with Crippen LogP contribution in [0.2, 0.25) is 0 Å². The summed E-state index contributed by atoms with van der Waals surface area (Å²) in [5.41, 5.74) is 0.822. The maximum Gasteiger partial charge on any atom is 0.225 e. The second-order valence-corrected chi connectivity index (χ2v) is 4.38. The number of halogens is 1. The molecule has 0 saturated carbocycles. The smallest absolute Gasteiger partial charge is 0.225 e. The lowest BCUT2D eigenvalue weighted by Gasteiger charge is -2.07. The SMILES string of the molecule is CCCNCCC(=O)Nc1ccccc1Br. The molecule has 0 aromatic heterocycles. The minimum absolute atomic E-state index is 0.0375. The third-order valence-electron chi connectivity index (χ3n) is 2.10. The zero-order chi connectivity index (χ0) is 11.8. The molecule has 0 heterocycles. The Balaban J connectivity index is 2.32. The minimum Gasteiger partial charge on any atom is -0.325 e. The molecule has 0 spiro atoms. The summed E-state index contributed by atoms with van der Waals surface area (Å²) < 4.78 is 0.907. The van der Waals surface area contributed by atoms with Crippen LogP contribution in [0, 0.1) is 0 Å². The lowest BCUT2D eigenvalue weighted by molar-refractivity contribution is -0.116. The van der Waals surface area contributed by atoms with E-state index in [9.17, 15) is 4.79 Å². The third kappa shape index (κ3) is 4.77. The molecular formula is C12H17BrN2O. The van der Waals surface area contributed by atoms with Crippen LogP contribution in [0.15, 0.2) is 28.7 Å². The fourth-order valence-corrected chi connectivity index (χ4v) is 1.66. The normalized spacial score (nSPS) is 10.1. The molecule has 2 N–H and O–H groups in total. The topological polar surface area (TPSA) is 41.1 Å². The van der Waals surface area contributed by atoms with E-state index in [4.69, 9.17) is 0 Å². The van der Waals surface area contributed by atoms with Gasteiger partial charge in [0.05, 0.1) is 5.69 Å². The van der Waals surface area contributed by atoms with Gasteiger partial charge in [-0.15, -0.1) is 0 Å². The quantitative estimate of drug-likeness (QED) is 0.789. The van der Waals surface area contributed by atoms with E-state index in [1.807, 2.05) is 24.3 Å². The van der Waals surface area contributed by atoms with Crippen LogP contribution in [-0.4, -0.2) is 19.0 Å². The monoisotopic (exact) mass is 284 g/mol. The summed E-state index contributed by atoms with van der Waals surface area (Å²) >= 11 is 3.39. The van der Waals surface area contributed by atoms with Crippen molar-refractivity contribution < 1.29 is 4.79 Å². The maximum atomic E-state index is 11.6. The van der Waals surface area contributed by atoms with Crippen molar-refractivity contribution in [1.82, 2.24) is 5.32 Å². The fourth-order valence-electron chi connectivity index (χ4n) is 1.28. The minimum atomic E-state index is 0.0375. The molecule has 16 heavy (non-hydrogen) atoms. The Morgan fingerprint density at radius 2 is 2.06 bits per heavy atom. The molecule has 0 atom stereocenters. The molecule has 0 radical (unpaired) electrons. The fraction of sp³-hybridized carbons (Fsp3) is 0.417. The Labute approximate surface area is 105 Å². The van der Waals surface area contributed by atoms with Crippen LogP contribution < -0.4 is 10.6 Å². The first-order valence-corrected chi connectivity index (χ1v) is 6.28. The van der Waals surface area contributed by atoms with Gasteiger partial charge in [0.2, 0.25) is 5.91 Å². The number of nitrogens with one attached hydrogen (secondary N) is 2. The average Bonchev–Trinajstić information content (AvgIpc) is 2.28. The Morgan fingerprint density at radius 3 is 2.75 bits per heavy atom. The Morgan fingerprint density at radius 1 is 1.31 bits per heavy atom. The van der Waals surface area contributed by atoms with Crippen molar-refractivity contribution in [2.45, 2.75) is 19.8 Å². The van der Waals surface area contributed by atoms with Gasteiger partial charge >= 0.3 is 0 Å². The first-order chi connectivity index (χ1) is 7.74. The molecule has 0 aliphatic rings. The molecule has 1 rings (SSSR count). The van der Waals surface area contributed by atoms with Gasteiger partial charge in [-0.3, -0.25) is 4.79 Å². The van der Waals surface area contributed by atoms with Gasteiger partial charge in [-0.25, -0.2) is 0 Å². The first-order valence-electron chi connectivity index (χ1n) is 5.49. The largest absolute Gasteiger partial charge is 0.325 e. The van der Waals surface area contributed by atoms with E-state index in [0.717, 1.165) is 29.7 Å². The molecule has 1 aromatic carbocycles. The highest BCUT2D eigenvalue weighted by molar-refractivity contribution is 9.10. The number of hydrogen-bond donors (Lipinski definition) is 2. The van der Waals surface area contributed by atoms with Crippen molar-refractivity contribution in [3.05, 3.63) is 28.7 Å². The molecule has 3 nitrogen and oxygen atoms in total. The van der Waals surface area contributed by atoms with Gasteiger partial charge in [0, 0.05) is 17.4 Å². The first kappa shape index (κ1) is 13.2. The summed E-state index contributed by atoms with van der Waals surface area (Å²) in [6.07, 6.45) is 1.59. The van der Waals surface area contributed by atoms with E-state index in [1.54, 1.807) is 0 Å². The Hall–Kier alpha value is -0.870. The van der Waals surface area contributed by atoms with Gasteiger partial charge in [-0.1, -0.05) is 19.1 Å². The predicted molar refractivity (Wildman–Crippen MR) is 70.5 cm³/mol. The molecule has 1 amide bonds. The summed E-state index contributed by atoms with van der Waals surface area (Å²) in [6.45, 7) is 3.79. The predicted octanol–water partition coefficient (Wildman–Crippen LogP) is 2.78. The van der Waals surface area contributed by atoms with E-state index in [-0.39, 0.29) is 5.91 Å². The number of rotatable bonds is 6. The van der Waals surface area contributed by atoms with E-state index in [1.165, 1.54) is 0 Å². The van der Waals surface area contributed by atoms with Crippen molar-refractivity contribution >= 4 is 27.5 Å². The van der Waals surface area contributed by atoms with Crippen LogP contribution in [0.1, 0.15) is 19.8 Å². The van der Waals surface area contributed by atoms with Gasteiger partial charge in [0.25, 0.3) is 0 Å². The Kier molecular flexibility index (Phi) is 6.11. The zero-order valence-electron chi connectivity index (χ0n) is 9.42. The highest BCUT2D eigenvalue weighted by Crippen LogP contribution is 2.21. The summed E-state index contributed by atoms with van der Waals surface area (Å²) in [7, 11) is 0. The molecule has 4 heteroatoms. The highest BCUT2D eigenvalue weighted by atomic mass is 79.9. The Bertz CT molecular complexity index is 342. The second-order valence-electron chi connectivity index (χ2n) is 3.53. The van der Waals surface area contributed by atoms with Crippen LogP contribution in [0.5, 0.6) is 0 Å². The van der Waals surface area contributed by atoms with Crippen LogP contribution in [0.4, 0.5) is 5.69 Å². The van der Waals surface area contributed by atoms with Crippen molar-refractivity contribution in [2.24, 2.45) is 0 Å². The van der Waals surface area contributed by atoms with E-state index < -0.39 is 0 Å². The summed E-state index contributed by atoms with van der Waals surface area (Å²) in [4.78, 5) is 11.6. The number of para-hydroxylation sites is 1. The molecular weight excluding hydrogens is 268 g/mol. The van der Waals surface area contributed by atoms with Gasteiger partial charge in [0.15, 0.2) is 0 Å². The van der Waals surface area contributed by atoms with E-state index >= 15 is 0 Å². The van der Waals surface area contributed by atoms with Crippen LogP contribution in [-0.2, 0) is 4.79 Å².